The summed E-state index contributed by atoms with van der Waals surface area (Å²) in [5.41, 5.74) is 2.82. The van der Waals surface area contributed by atoms with Crippen LogP contribution in [0.25, 0.3) is 0 Å². The first-order valence-electron chi connectivity index (χ1n) is 12.6. The van der Waals surface area contributed by atoms with Crippen molar-refractivity contribution in [1.29, 1.82) is 0 Å². The summed E-state index contributed by atoms with van der Waals surface area (Å²) in [7, 11) is 1.61. The van der Waals surface area contributed by atoms with Crippen molar-refractivity contribution in [3.63, 3.8) is 0 Å². The first-order chi connectivity index (χ1) is 18.1. The van der Waals surface area contributed by atoms with Crippen molar-refractivity contribution in [2.45, 2.75) is 57.0 Å². The first kappa shape index (κ1) is 26.8. The van der Waals surface area contributed by atoms with Crippen molar-refractivity contribution >= 4 is 5.91 Å². The SMILES string of the molecule is COc1ccc(CN2C(=O)[C@@H](OCc3ccccc3)[C@H](OCc3ccccc3)[C@H]2[C@H](O)CCCO)cc1. The molecule has 0 bridgehead atoms. The van der Waals surface area contributed by atoms with Crippen LogP contribution in [-0.4, -0.2) is 59.1 Å². The molecule has 1 aliphatic heterocycles. The molecular weight excluding hydrogens is 470 g/mol. The summed E-state index contributed by atoms with van der Waals surface area (Å²) >= 11 is 0. The van der Waals surface area contributed by atoms with Gasteiger partial charge in [-0.25, -0.2) is 0 Å². The Kier molecular flexibility index (Phi) is 9.68. The smallest absolute Gasteiger partial charge is 0.255 e. The number of carbonyl (C=O) groups excluding carboxylic acids is 1. The Bertz CT molecular complexity index is 1090. The molecule has 3 aromatic carbocycles. The fourth-order valence-corrected chi connectivity index (χ4v) is 4.70. The molecule has 7 heteroatoms. The first-order valence-corrected chi connectivity index (χ1v) is 12.6. The lowest BCUT2D eigenvalue weighted by molar-refractivity contribution is -0.142. The maximum Gasteiger partial charge on any atom is 0.255 e. The van der Waals surface area contributed by atoms with Gasteiger partial charge < -0.3 is 29.3 Å². The van der Waals surface area contributed by atoms with Crippen LogP contribution in [0.4, 0.5) is 0 Å². The summed E-state index contributed by atoms with van der Waals surface area (Å²) in [6.45, 7) is 0.779. The number of likely N-dealkylation sites (tertiary alicyclic amines) is 1. The molecule has 196 valence electrons. The molecule has 0 saturated carbocycles. The summed E-state index contributed by atoms with van der Waals surface area (Å²) in [4.78, 5) is 15.5. The second-order valence-electron chi connectivity index (χ2n) is 9.22. The maximum atomic E-state index is 13.8. The van der Waals surface area contributed by atoms with E-state index in [9.17, 15) is 15.0 Å². The van der Waals surface area contributed by atoms with Crippen LogP contribution in [0.2, 0.25) is 0 Å². The molecule has 3 aromatic rings. The second kappa shape index (κ2) is 13.4. The van der Waals surface area contributed by atoms with Crippen molar-refractivity contribution in [2.24, 2.45) is 0 Å². The number of amides is 1. The lowest BCUT2D eigenvalue weighted by Crippen LogP contribution is -2.46. The molecular formula is C30H35NO6. The van der Waals surface area contributed by atoms with Gasteiger partial charge in [0.05, 0.1) is 32.5 Å². The highest BCUT2D eigenvalue weighted by molar-refractivity contribution is 5.85. The largest absolute Gasteiger partial charge is 0.497 e. The predicted molar refractivity (Wildman–Crippen MR) is 140 cm³/mol. The van der Waals surface area contributed by atoms with Crippen LogP contribution in [0.3, 0.4) is 0 Å². The van der Waals surface area contributed by atoms with E-state index >= 15 is 0 Å². The minimum Gasteiger partial charge on any atom is -0.497 e. The molecule has 0 aliphatic carbocycles. The second-order valence-corrected chi connectivity index (χ2v) is 9.22. The van der Waals surface area contributed by atoms with Crippen molar-refractivity contribution in [1.82, 2.24) is 4.90 Å². The van der Waals surface area contributed by atoms with E-state index in [1.165, 1.54) is 0 Å². The average molecular weight is 506 g/mol. The van der Waals surface area contributed by atoms with E-state index in [4.69, 9.17) is 14.2 Å². The number of hydrogen-bond donors (Lipinski definition) is 2. The Balaban J connectivity index is 1.62. The standard InChI is InChI=1S/C30H35NO6/c1-35-25-16-14-22(15-17-25)19-31-27(26(33)13-8-18-32)28(36-20-23-9-4-2-5-10-23)29(30(31)34)37-21-24-11-6-3-7-12-24/h2-7,9-12,14-17,26-29,32-33H,8,13,18-21H2,1H3/t26-,27-,28-,29+/m1/s1. The van der Waals surface area contributed by atoms with Crippen LogP contribution in [0, 0.1) is 0 Å². The Morgan fingerprint density at radius 3 is 2.00 bits per heavy atom. The number of rotatable bonds is 13. The lowest BCUT2D eigenvalue weighted by atomic mass is 9.99. The Morgan fingerprint density at radius 2 is 1.43 bits per heavy atom. The van der Waals surface area contributed by atoms with Crippen LogP contribution < -0.4 is 4.74 Å². The zero-order valence-electron chi connectivity index (χ0n) is 21.1. The highest BCUT2D eigenvalue weighted by Gasteiger charge is 2.52. The number of aliphatic hydroxyl groups is 2. The van der Waals surface area contributed by atoms with Gasteiger partial charge in [0.15, 0.2) is 6.10 Å². The Labute approximate surface area is 218 Å². The average Bonchev–Trinajstić information content (AvgIpc) is 3.20. The molecule has 2 N–H and O–H groups in total. The molecule has 7 nitrogen and oxygen atoms in total. The van der Waals surface area contributed by atoms with Crippen LogP contribution >= 0.6 is 0 Å². The topological polar surface area (TPSA) is 88.5 Å². The van der Waals surface area contributed by atoms with E-state index in [0.717, 1.165) is 22.4 Å². The quantitative estimate of drug-likeness (QED) is 0.368. The third-order valence-corrected chi connectivity index (χ3v) is 6.64. The molecule has 1 amide bonds. The summed E-state index contributed by atoms with van der Waals surface area (Å²) in [6, 6.07) is 26.3. The van der Waals surface area contributed by atoms with Gasteiger partial charge >= 0.3 is 0 Å². The molecule has 37 heavy (non-hydrogen) atoms. The highest BCUT2D eigenvalue weighted by atomic mass is 16.5. The van der Waals surface area contributed by atoms with Crippen LogP contribution in [-0.2, 0) is 34.0 Å². The van der Waals surface area contributed by atoms with Gasteiger partial charge in [0.1, 0.15) is 11.9 Å². The van der Waals surface area contributed by atoms with E-state index in [-0.39, 0.29) is 25.7 Å². The normalized spacial score (nSPS) is 20.2. The van der Waals surface area contributed by atoms with E-state index in [0.29, 0.717) is 19.4 Å². The zero-order chi connectivity index (χ0) is 26.0. The predicted octanol–water partition coefficient (Wildman–Crippen LogP) is 3.71. The van der Waals surface area contributed by atoms with E-state index in [1.807, 2.05) is 84.9 Å². The molecule has 0 aromatic heterocycles. The molecule has 1 saturated heterocycles. The number of aliphatic hydroxyl groups excluding tert-OH is 2. The minimum atomic E-state index is -0.888. The van der Waals surface area contributed by atoms with Crippen molar-refractivity contribution in [3.8, 4) is 5.75 Å². The summed E-state index contributed by atoms with van der Waals surface area (Å²) in [6.07, 6.45) is -1.70. The molecule has 4 atom stereocenters. The van der Waals surface area contributed by atoms with Gasteiger partial charge in [0.25, 0.3) is 5.91 Å². The number of nitrogens with zero attached hydrogens (tertiary/aromatic N) is 1. The van der Waals surface area contributed by atoms with Gasteiger partial charge in [-0.15, -0.1) is 0 Å². The van der Waals surface area contributed by atoms with Crippen LogP contribution in [0.15, 0.2) is 84.9 Å². The highest BCUT2D eigenvalue weighted by Crippen LogP contribution is 2.32. The summed E-state index contributed by atoms with van der Waals surface area (Å²) in [5.74, 6) is 0.502. The minimum absolute atomic E-state index is 0.0420. The molecule has 1 fully saturated rings. The third kappa shape index (κ3) is 6.96. The van der Waals surface area contributed by atoms with Gasteiger partial charge in [0, 0.05) is 13.2 Å². The number of methoxy groups -OCH3 is 1. The van der Waals surface area contributed by atoms with Crippen molar-refractivity contribution < 1.29 is 29.2 Å². The molecule has 1 aliphatic rings. The van der Waals surface area contributed by atoms with Crippen LogP contribution in [0.5, 0.6) is 5.75 Å². The van der Waals surface area contributed by atoms with Gasteiger partial charge in [-0.3, -0.25) is 4.79 Å². The number of carbonyl (C=O) groups is 1. The lowest BCUT2D eigenvalue weighted by Gasteiger charge is -2.32. The van der Waals surface area contributed by atoms with Gasteiger partial charge in [-0.2, -0.15) is 0 Å². The summed E-state index contributed by atoms with van der Waals surface area (Å²) in [5, 5.41) is 20.6. The van der Waals surface area contributed by atoms with Crippen LogP contribution in [0.1, 0.15) is 29.5 Å². The summed E-state index contributed by atoms with van der Waals surface area (Å²) < 4.78 is 17.8. The molecule has 0 spiro atoms. The molecule has 1 heterocycles. The molecule has 0 unspecified atom stereocenters. The number of benzene rings is 3. The van der Waals surface area contributed by atoms with E-state index in [1.54, 1.807) is 12.0 Å². The Hall–Kier alpha value is -3.23. The van der Waals surface area contributed by atoms with Gasteiger partial charge in [-0.1, -0.05) is 72.8 Å². The van der Waals surface area contributed by atoms with E-state index in [2.05, 4.69) is 0 Å². The zero-order valence-corrected chi connectivity index (χ0v) is 21.1. The maximum absolute atomic E-state index is 13.8. The monoisotopic (exact) mass is 505 g/mol. The van der Waals surface area contributed by atoms with Gasteiger partial charge in [0.2, 0.25) is 0 Å². The fraction of sp³-hybridized carbons (Fsp3) is 0.367. The number of hydrogen-bond acceptors (Lipinski definition) is 6. The van der Waals surface area contributed by atoms with Crippen molar-refractivity contribution in [2.75, 3.05) is 13.7 Å². The van der Waals surface area contributed by atoms with E-state index < -0.39 is 24.4 Å². The van der Waals surface area contributed by atoms with Gasteiger partial charge in [-0.05, 0) is 41.7 Å². The molecule has 4 rings (SSSR count). The van der Waals surface area contributed by atoms with Crippen molar-refractivity contribution in [3.05, 3.63) is 102 Å². The third-order valence-electron chi connectivity index (χ3n) is 6.64. The molecule has 0 radical (unpaired) electrons. The number of ether oxygens (including phenoxy) is 3. The Morgan fingerprint density at radius 1 is 0.838 bits per heavy atom. The fourth-order valence-electron chi connectivity index (χ4n) is 4.70.